The largest absolute Gasteiger partial charge is 0.103 e. The van der Waals surface area contributed by atoms with Crippen molar-refractivity contribution in [1.29, 1.82) is 0 Å². The second-order valence-corrected chi connectivity index (χ2v) is 16.5. The molecule has 10 heavy (non-hydrogen) atoms. The molecule has 0 saturated carbocycles. The Labute approximate surface area is 95.5 Å². The number of allylic oxidation sites excluding steroid dienone is 1. The van der Waals surface area contributed by atoms with Crippen LogP contribution in [0.25, 0.3) is 0 Å². The van der Waals surface area contributed by atoms with E-state index in [9.17, 15) is 0 Å². The Morgan fingerprint density at radius 1 is 1.50 bits per heavy atom. The highest BCUT2D eigenvalue weighted by molar-refractivity contribution is 14.2. The van der Waals surface area contributed by atoms with Crippen LogP contribution in [0.5, 0.6) is 0 Å². The van der Waals surface area contributed by atoms with Gasteiger partial charge in [0.05, 0.1) is 0 Å². The van der Waals surface area contributed by atoms with Crippen LogP contribution in [0.15, 0.2) is 11.3 Å². The lowest BCUT2D eigenvalue weighted by Gasteiger charge is -1.96. The predicted octanol–water partition coefficient (Wildman–Crippen LogP) is 1.78. The van der Waals surface area contributed by atoms with Crippen LogP contribution in [-0.4, -0.2) is 20.6 Å². The second-order valence-electron chi connectivity index (χ2n) is 2.60. The quantitative estimate of drug-likeness (QED) is 0.294. The molecule has 4 heteroatoms. The van der Waals surface area contributed by atoms with E-state index >= 15 is 0 Å². The topological polar surface area (TPSA) is 0 Å². The zero-order chi connectivity index (χ0) is 7.98. The van der Waals surface area contributed by atoms with E-state index in [-0.39, 0.29) is 9.52 Å². The first kappa shape index (κ1) is 11.6. The minimum atomic E-state index is 0.211. The van der Waals surface area contributed by atoms with Crippen molar-refractivity contribution in [3.63, 3.8) is 0 Å². The van der Waals surface area contributed by atoms with Gasteiger partial charge in [0.1, 0.15) is 0 Å². The van der Waals surface area contributed by atoms with E-state index in [1.807, 2.05) is 0 Å². The van der Waals surface area contributed by atoms with E-state index in [4.69, 9.17) is 0 Å². The fraction of sp³-hybridized carbons (Fsp3) is 0.667. The molecular formula is C6H14I2Si2. The first-order valence-corrected chi connectivity index (χ1v) is 9.67. The molecular weight excluding hydrogens is 382 g/mol. The SMILES string of the molecule is CC(C)=C[SiH2]C[SiH2]C(I)I. The van der Waals surface area contributed by atoms with Crippen molar-refractivity contribution >= 4 is 64.2 Å². The maximum absolute atomic E-state index is 2.55. The summed E-state index contributed by atoms with van der Waals surface area (Å²) in [7, 11) is 0.505. The van der Waals surface area contributed by atoms with Gasteiger partial charge in [-0.3, -0.25) is 0 Å². The van der Waals surface area contributed by atoms with E-state index in [0.717, 1.165) is 1.55 Å². The average molecular weight is 396 g/mol. The summed E-state index contributed by atoms with van der Waals surface area (Å²) in [6, 6.07) is 0. The minimum absolute atomic E-state index is 0.211. The molecule has 0 atom stereocenters. The van der Waals surface area contributed by atoms with Gasteiger partial charge in [0.2, 0.25) is 0 Å². The Balaban J connectivity index is 3.13. The summed E-state index contributed by atoms with van der Waals surface area (Å²) < 4.78 is 0.980. The standard InChI is InChI=1S/C6H14I2Si2/c1-5(2)3-9-4-10-6(7)8/h3,6H,4,9-10H2,1-2H3. The van der Waals surface area contributed by atoms with Gasteiger partial charge < -0.3 is 0 Å². The fourth-order valence-electron chi connectivity index (χ4n) is 0.663. The molecule has 0 fully saturated rings. The van der Waals surface area contributed by atoms with E-state index in [1.165, 1.54) is 5.57 Å². The zero-order valence-electron chi connectivity index (χ0n) is 6.53. The normalized spacial score (nSPS) is 12.5. The van der Waals surface area contributed by atoms with E-state index < -0.39 is 0 Å². The molecule has 0 bridgehead atoms. The highest BCUT2D eigenvalue weighted by Crippen LogP contribution is 2.08. The molecule has 0 nitrogen and oxygen atoms in total. The second kappa shape index (κ2) is 7.29. The molecule has 0 amide bonds. The third-order valence-corrected chi connectivity index (χ3v) is 9.72. The number of halogens is 2. The Kier molecular flexibility index (Phi) is 8.48. The highest BCUT2D eigenvalue weighted by atomic mass is 127. The molecule has 0 aromatic carbocycles. The third-order valence-electron chi connectivity index (χ3n) is 1.18. The highest BCUT2D eigenvalue weighted by Gasteiger charge is 1.96. The Hall–Kier alpha value is 1.63. The maximum atomic E-state index is 2.55. The van der Waals surface area contributed by atoms with E-state index in [2.05, 4.69) is 64.7 Å². The molecule has 60 valence electrons. The van der Waals surface area contributed by atoms with Gasteiger partial charge in [-0.2, -0.15) is 0 Å². The summed E-state index contributed by atoms with van der Waals surface area (Å²) >= 11 is 5.10. The van der Waals surface area contributed by atoms with Gasteiger partial charge in [-0.15, -0.1) is 5.70 Å². The molecule has 0 heterocycles. The Morgan fingerprint density at radius 2 is 2.10 bits per heavy atom. The van der Waals surface area contributed by atoms with Crippen LogP contribution in [0.3, 0.4) is 0 Å². The summed E-state index contributed by atoms with van der Waals surface area (Å²) in [6.07, 6.45) is 0. The summed E-state index contributed by atoms with van der Waals surface area (Å²) in [4.78, 5) is 0. The van der Waals surface area contributed by atoms with E-state index in [0.29, 0.717) is 9.52 Å². The van der Waals surface area contributed by atoms with Crippen molar-refractivity contribution in [3.05, 3.63) is 11.3 Å². The van der Waals surface area contributed by atoms with Gasteiger partial charge in [0, 0.05) is 20.6 Å². The molecule has 0 aliphatic rings. The Morgan fingerprint density at radius 3 is 2.50 bits per heavy atom. The monoisotopic (exact) mass is 396 g/mol. The summed E-state index contributed by atoms with van der Waals surface area (Å²) in [5.74, 6) is 0. The van der Waals surface area contributed by atoms with Crippen molar-refractivity contribution in [3.8, 4) is 0 Å². The van der Waals surface area contributed by atoms with Crippen LogP contribution in [-0.2, 0) is 0 Å². The van der Waals surface area contributed by atoms with Crippen LogP contribution in [0.2, 0.25) is 5.67 Å². The zero-order valence-corrected chi connectivity index (χ0v) is 13.7. The fourth-order valence-corrected chi connectivity index (χ4v) is 12.2. The molecule has 0 saturated heterocycles. The van der Waals surface area contributed by atoms with Gasteiger partial charge in [-0.05, 0) is 13.8 Å². The third kappa shape index (κ3) is 9.63. The van der Waals surface area contributed by atoms with Crippen LogP contribution >= 0.6 is 45.2 Å². The molecule has 0 aliphatic carbocycles. The molecule has 0 aliphatic heterocycles. The van der Waals surface area contributed by atoms with Crippen LogP contribution in [0.4, 0.5) is 0 Å². The number of rotatable bonds is 4. The van der Waals surface area contributed by atoms with Crippen LogP contribution in [0.1, 0.15) is 13.8 Å². The number of hydrogen-bond donors (Lipinski definition) is 0. The first-order valence-electron chi connectivity index (χ1n) is 3.54. The molecule has 0 radical (unpaired) electrons. The summed E-state index contributed by atoms with van der Waals surface area (Å²) in [6.45, 7) is 4.42. The van der Waals surface area contributed by atoms with Gasteiger partial charge in [0.15, 0.2) is 0 Å². The first-order chi connectivity index (χ1) is 4.63. The lowest BCUT2D eigenvalue weighted by molar-refractivity contribution is 1.41. The lowest BCUT2D eigenvalue weighted by atomic mass is 10.4. The lowest BCUT2D eigenvalue weighted by Crippen LogP contribution is -2.02. The van der Waals surface area contributed by atoms with E-state index in [1.54, 1.807) is 5.67 Å². The Bertz CT molecular complexity index is 108. The van der Waals surface area contributed by atoms with Crippen molar-refractivity contribution < 1.29 is 0 Å². The molecule has 0 rings (SSSR count). The van der Waals surface area contributed by atoms with Gasteiger partial charge in [-0.25, -0.2) is 0 Å². The van der Waals surface area contributed by atoms with Crippen molar-refractivity contribution in [2.75, 3.05) is 0 Å². The molecule has 0 aromatic heterocycles. The molecule has 0 aromatic rings. The molecule has 0 N–H and O–H groups in total. The van der Waals surface area contributed by atoms with Crippen LogP contribution in [0, 0.1) is 0 Å². The van der Waals surface area contributed by atoms with Crippen molar-refractivity contribution in [2.24, 2.45) is 0 Å². The predicted molar refractivity (Wildman–Crippen MR) is 73.2 cm³/mol. The molecule has 0 spiro atoms. The number of hydrogen-bond acceptors (Lipinski definition) is 0. The van der Waals surface area contributed by atoms with Crippen molar-refractivity contribution in [1.82, 2.24) is 0 Å². The van der Waals surface area contributed by atoms with Gasteiger partial charge in [0.25, 0.3) is 0 Å². The smallest absolute Gasteiger partial charge is 0.0481 e. The number of alkyl halides is 2. The van der Waals surface area contributed by atoms with Crippen molar-refractivity contribution in [2.45, 2.75) is 21.1 Å². The van der Waals surface area contributed by atoms with Gasteiger partial charge in [-0.1, -0.05) is 56.4 Å². The maximum Gasteiger partial charge on any atom is 0.0481 e. The average Bonchev–Trinajstić information content (AvgIpc) is 1.79. The molecule has 0 unspecified atom stereocenters. The minimum Gasteiger partial charge on any atom is -0.103 e. The summed E-state index contributed by atoms with van der Waals surface area (Å²) in [5, 5.41) is 0. The van der Waals surface area contributed by atoms with Crippen LogP contribution < -0.4 is 0 Å². The summed E-state index contributed by atoms with van der Waals surface area (Å²) in [5.41, 5.74) is 5.63. The van der Waals surface area contributed by atoms with Gasteiger partial charge >= 0.3 is 0 Å².